The molecule has 0 amide bonds. The topological polar surface area (TPSA) is 0 Å². The highest BCUT2D eigenvalue weighted by Gasteiger charge is 2.26. The SMILES string of the molecule is S=CCC1c2ccccc2-c2ccccc21. The fourth-order valence-corrected chi connectivity index (χ4v) is 2.80. The summed E-state index contributed by atoms with van der Waals surface area (Å²) >= 11 is 5.02. The molecule has 0 bridgehead atoms. The Balaban J connectivity index is 2.25. The van der Waals surface area contributed by atoms with Crippen LogP contribution in [0.4, 0.5) is 0 Å². The van der Waals surface area contributed by atoms with Crippen LogP contribution in [0.3, 0.4) is 0 Å². The molecule has 0 atom stereocenters. The molecule has 0 saturated heterocycles. The van der Waals surface area contributed by atoms with Crippen molar-refractivity contribution >= 4 is 17.6 Å². The van der Waals surface area contributed by atoms with Crippen LogP contribution in [0.25, 0.3) is 11.1 Å². The first-order valence-electron chi connectivity index (χ1n) is 5.53. The number of thiocarbonyl (C=S) groups is 1. The molecule has 78 valence electrons. The molecule has 0 unspecified atom stereocenters. The maximum absolute atomic E-state index is 5.02. The van der Waals surface area contributed by atoms with E-state index in [4.69, 9.17) is 12.2 Å². The van der Waals surface area contributed by atoms with Gasteiger partial charge in [0.2, 0.25) is 0 Å². The molecule has 16 heavy (non-hydrogen) atoms. The molecule has 1 aliphatic carbocycles. The predicted octanol–water partition coefficient (Wildman–Crippen LogP) is 4.19. The van der Waals surface area contributed by atoms with Gasteiger partial charge >= 0.3 is 0 Å². The van der Waals surface area contributed by atoms with Gasteiger partial charge in [-0.3, -0.25) is 0 Å². The van der Waals surface area contributed by atoms with E-state index >= 15 is 0 Å². The first kappa shape index (κ1) is 9.73. The van der Waals surface area contributed by atoms with E-state index in [0.29, 0.717) is 5.92 Å². The maximum Gasteiger partial charge on any atom is 0.0144 e. The number of fused-ring (bicyclic) bond motifs is 3. The third-order valence-electron chi connectivity index (χ3n) is 3.29. The minimum Gasteiger partial charge on any atom is -0.0934 e. The van der Waals surface area contributed by atoms with Crippen molar-refractivity contribution in [1.82, 2.24) is 0 Å². The lowest BCUT2D eigenvalue weighted by molar-refractivity contribution is 0.899. The lowest BCUT2D eigenvalue weighted by Crippen LogP contribution is -1.96. The van der Waals surface area contributed by atoms with E-state index in [1.807, 2.05) is 5.37 Å². The van der Waals surface area contributed by atoms with Crippen molar-refractivity contribution in [2.75, 3.05) is 0 Å². The highest BCUT2D eigenvalue weighted by molar-refractivity contribution is 7.78. The third-order valence-corrected chi connectivity index (χ3v) is 3.49. The van der Waals surface area contributed by atoms with Gasteiger partial charge in [-0.05, 0) is 34.0 Å². The Kier molecular flexibility index (Phi) is 2.33. The van der Waals surface area contributed by atoms with Gasteiger partial charge in [-0.1, -0.05) is 60.7 Å². The van der Waals surface area contributed by atoms with Crippen LogP contribution in [0.1, 0.15) is 23.5 Å². The summed E-state index contributed by atoms with van der Waals surface area (Å²) in [6.45, 7) is 0. The molecule has 1 aliphatic rings. The average Bonchev–Trinajstić information content (AvgIpc) is 2.66. The van der Waals surface area contributed by atoms with E-state index in [1.165, 1.54) is 22.3 Å². The fourth-order valence-electron chi connectivity index (χ4n) is 2.61. The van der Waals surface area contributed by atoms with Gasteiger partial charge in [-0.25, -0.2) is 0 Å². The van der Waals surface area contributed by atoms with Gasteiger partial charge in [0.25, 0.3) is 0 Å². The fraction of sp³-hybridized carbons (Fsp3) is 0.133. The molecule has 3 rings (SSSR count). The van der Waals surface area contributed by atoms with Crippen LogP contribution in [0, 0.1) is 0 Å². The van der Waals surface area contributed by atoms with Gasteiger partial charge in [0.05, 0.1) is 0 Å². The predicted molar refractivity (Wildman–Crippen MR) is 72.0 cm³/mol. The quantitative estimate of drug-likeness (QED) is 0.689. The smallest absolute Gasteiger partial charge is 0.0144 e. The second-order valence-corrected chi connectivity index (χ2v) is 4.46. The van der Waals surface area contributed by atoms with E-state index in [-0.39, 0.29) is 0 Å². The molecule has 0 aromatic heterocycles. The summed E-state index contributed by atoms with van der Waals surface area (Å²) in [6.07, 6.45) is 0.948. The molecule has 0 spiro atoms. The van der Waals surface area contributed by atoms with Crippen LogP contribution >= 0.6 is 12.2 Å². The second kappa shape index (κ2) is 3.84. The summed E-state index contributed by atoms with van der Waals surface area (Å²) in [5.41, 5.74) is 5.59. The molecule has 1 heteroatoms. The van der Waals surface area contributed by atoms with Gasteiger partial charge in [-0.15, -0.1) is 0 Å². The monoisotopic (exact) mass is 224 g/mol. The highest BCUT2D eigenvalue weighted by atomic mass is 32.1. The Morgan fingerprint density at radius 2 is 1.38 bits per heavy atom. The minimum atomic E-state index is 0.463. The van der Waals surface area contributed by atoms with Crippen LogP contribution in [-0.2, 0) is 0 Å². The molecule has 2 aromatic rings. The number of rotatable bonds is 2. The Labute approximate surface area is 101 Å². The van der Waals surface area contributed by atoms with Crippen LogP contribution in [0.2, 0.25) is 0 Å². The largest absolute Gasteiger partial charge is 0.0934 e. The third kappa shape index (κ3) is 1.32. The lowest BCUT2D eigenvalue weighted by Gasteiger charge is -2.09. The molecular formula is C15H12S. The van der Waals surface area contributed by atoms with Crippen molar-refractivity contribution in [2.24, 2.45) is 0 Å². The number of benzene rings is 2. The van der Waals surface area contributed by atoms with E-state index in [9.17, 15) is 0 Å². The summed E-state index contributed by atoms with van der Waals surface area (Å²) in [5, 5.41) is 1.85. The molecule has 0 N–H and O–H groups in total. The molecule has 0 saturated carbocycles. The minimum absolute atomic E-state index is 0.463. The first-order chi connectivity index (χ1) is 7.92. The zero-order valence-corrected chi connectivity index (χ0v) is 9.71. The van der Waals surface area contributed by atoms with Crippen molar-refractivity contribution in [3.8, 4) is 11.1 Å². The molecule has 0 nitrogen and oxygen atoms in total. The molecule has 0 radical (unpaired) electrons. The molecule has 0 aliphatic heterocycles. The van der Waals surface area contributed by atoms with E-state index in [0.717, 1.165) is 6.42 Å². The maximum atomic E-state index is 5.02. The van der Waals surface area contributed by atoms with Crippen LogP contribution < -0.4 is 0 Å². The Morgan fingerprint density at radius 1 is 0.875 bits per heavy atom. The molecule has 2 aromatic carbocycles. The van der Waals surface area contributed by atoms with Crippen molar-refractivity contribution in [2.45, 2.75) is 12.3 Å². The number of hydrogen-bond donors (Lipinski definition) is 0. The van der Waals surface area contributed by atoms with Crippen molar-refractivity contribution in [3.63, 3.8) is 0 Å². The van der Waals surface area contributed by atoms with Crippen molar-refractivity contribution in [1.29, 1.82) is 0 Å². The Hall–Kier alpha value is -1.47. The van der Waals surface area contributed by atoms with Gasteiger partial charge in [-0.2, -0.15) is 0 Å². The summed E-state index contributed by atoms with van der Waals surface area (Å²) in [7, 11) is 0. The van der Waals surface area contributed by atoms with Crippen LogP contribution in [0.5, 0.6) is 0 Å². The second-order valence-electron chi connectivity index (χ2n) is 4.13. The first-order valence-corrected chi connectivity index (χ1v) is 6.01. The molecule has 0 heterocycles. The zero-order valence-electron chi connectivity index (χ0n) is 8.89. The molecule has 0 fully saturated rings. The van der Waals surface area contributed by atoms with E-state index in [2.05, 4.69) is 48.5 Å². The summed E-state index contributed by atoms with van der Waals surface area (Å²) in [6, 6.07) is 17.3. The van der Waals surface area contributed by atoms with Gasteiger partial charge in [0.15, 0.2) is 0 Å². The molecular weight excluding hydrogens is 212 g/mol. The van der Waals surface area contributed by atoms with Gasteiger partial charge < -0.3 is 0 Å². The van der Waals surface area contributed by atoms with Crippen molar-refractivity contribution < 1.29 is 0 Å². The zero-order chi connectivity index (χ0) is 11.0. The Morgan fingerprint density at radius 3 is 1.88 bits per heavy atom. The lowest BCUT2D eigenvalue weighted by atomic mass is 9.95. The van der Waals surface area contributed by atoms with E-state index < -0.39 is 0 Å². The van der Waals surface area contributed by atoms with Crippen LogP contribution in [-0.4, -0.2) is 5.37 Å². The average molecular weight is 224 g/mol. The standard InChI is InChI=1S/C15H12S/c16-10-9-15-13-7-3-1-5-11(13)12-6-2-4-8-14(12)15/h1-8,10,15H,9H2. The van der Waals surface area contributed by atoms with E-state index in [1.54, 1.807) is 0 Å². The highest BCUT2D eigenvalue weighted by Crippen LogP contribution is 2.45. The summed E-state index contributed by atoms with van der Waals surface area (Å²) in [5.74, 6) is 0.463. The van der Waals surface area contributed by atoms with Gasteiger partial charge in [0, 0.05) is 5.92 Å². The van der Waals surface area contributed by atoms with Gasteiger partial charge in [0.1, 0.15) is 0 Å². The van der Waals surface area contributed by atoms with Crippen molar-refractivity contribution in [3.05, 3.63) is 59.7 Å². The van der Waals surface area contributed by atoms with Crippen LogP contribution in [0.15, 0.2) is 48.5 Å². The normalized spacial score (nSPS) is 13.2. The summed E-state index contributed by atoms with van der Waals surface area (Å²) in [4.78, 5) is 0. The summed E-state index contributed by atoms with van der Waals surface area (Å²) < 4.78 is 0. The number of hydrogen-bond acceptors (Lipinski definition) is 1. The Bertz CT molecular complexity index is 497.